The molecule has 0 aliphatic heterocycles. The average molecular weight is 468 g/mol. The van der Waals surface area contributed by atoms with Crippen LogP contribution in [0.25, 0.3) is 10.9 Å². The molecule has 0 atom stereocenters. The highest BCUT2D eigenvalue weighted by Crippen LogP contribution is 2.32. The van der Waals surface area contributed by atoms with Crippen LogP contribution in [-0.4, -0.2) is 22.6 Å². The fourth-order valence-electron chi connectivity index (χ4n) is 3.57. The van der Waals surface area contributed by atoms with Gasteiger partial charge in [-0.1, -0.05) is 59.6 Å². The van der Waals surface area contributed by atoms with E-state index in [9.17, 15) is 13.6 Å². The van der Waals surface area contributed by atoms with Gasteiger partial charge >= 0.3 is 0 Å². The van der Waals surface area contributed by atoms with E-state index in [2.05, 4.69) is 15.5 Å². The summed E-state index contributed by atoms with van der Waals surface area (Å²) in [6.45, 7) is 2.57. The van der Waals surface area contributed by atoms with Crippen LogP contribution in [0.3, 0.4) is 0 Å². The molecule has 0 unspecified atom stereocenters. The van der Waals surface area contributed by atoms with Gasteiger partial charge in [0, 0.05) is 16.0 Å². The molecule has 5 nitrogen and oxygen atoms in total. The van der Waals surface area contributed by atoms with Crippen LogP contribution >= 0.6 is 11.6 Å². The van der Waals surface area contributed by atoms with Crippen molar-refractivity contribution in [1.82, 2.24) is 15.5 Å². The summed E-state index contributed by atoms with van der Waals surface area (Å²) in [7, 11) is 0. The zero-order valence-electron chi connectivity index (χ0n) is 17.9. The van der Waals surface area contributed by atoms with Crippen molar-refractivity contribution in [1.29, 1.82) is 0 Å². The highest BCUT2D eigenvalue weighted by molar-refractivity contribution is 6.30. The summed E-state index contributed by atoms with van der Waals surface area (Å²) in [4.78, 5) is 13.1. The summed E-state index contributed by atoms with van der Waals surface area (Å²) in [6, 6.07) is 18.0. The standard InChI is InChI=1S/C25H20ClF2N3O2/c1-15-10-11-20(16(2)12-15)25(27,28)14-29-23(32)22-19-8-3-4-9-21(19)30-31-24(22)33-18-7-5-6-17(26)13-18/h3-13H,14H2,1-2H3,(H,29,32). The van der Waals surface area contributed by atoms with E-state index < -0.39 is 18.4 Å². The van der Waals surface area contributed by atoms with Gasteiger partial charge in [0.25, 0.3) is 17.7 Å². The molecule has 1 heterocycles. The number of ether oxygens (including phenoxy) is 1. The molecular formula is C25H20ClF2N3O2. The molecule has 4 rings (SSSR count). The number of hydrogen-bond donors (Lipinski definition) is 1. The normalized spacial score (nSPS) is 11.4. The SMILES string of the molecule is Cc1ccc(C(F)(F)CNC(=O)c2c(Oc3cccc(Cl)c3)nnc3ccccc23)c(C)c1. The van der Waals surface area contributed by atoms with Gasteiger partial charge in [0.05, 0.1) is 12.1 Å². The lowest BCUT2D eigenvalue weighted by Gasteiger charge is -2.20. The first kappa shape index (κ1) is 22.6. The molecule has 3 aromatic carbocycles. The predicted octanol–water partition coefficient (Wildman–Crippen LogP) is 6.21. The number of aryl methyl sites for hydroxylation is 2. The van der Waals surface area contributed by atoms with Gasteiger partial charge in [-0.15, -0.1) is 10.2 Å². The molecule has 0 aliphatic carbocycles. The van der Waals surface area contributed by atoms with E-state index in [1.54, 1.807) is 67.6 Å². The van der Waals surface area contributed by atoms with Crippen LogP contribution in [-0.2, 0) is 5.92 Å². The van der Waals surface area contributed by atoms with Crippen LogP contribution < -0.4 is 10.1 Å². The highest BCUT2D eigenvalue weighted by atomic mass is 35.5. The second-order valence-corrected chi connectivity index (χ2v) is 8.10. The third-order valence-corrected chi connectivity index (χ3v) is 5.36. The van der Waals surface area contributed by atoms with Gasteiger partial charge in [-0.3, -0.25) is 4.79 Å². The summed E-state index contributed by atoms with van der Waals surface area (Å²) in [5, 5.41) is 11.3. The molecule has 168 valence electrons. The predicted molar refractivity (Wildman–Crippen MR) is 123 cm³/mol. The summed E-state index contributed by atoms with van der Waals surface area (Å²) >= 11 is 6.01. The minimum absolute atomic E-state index is 0.0111. The first-order valence-electron chi connectivity index (χ1n) is 10.2. The number of nitrogens with zero attached hydrogens (tertiary/aromatic N) is 2. The van der Waals surface area contributed by atoms with E-state index in [4.69, 9.17) is 16.3 Å². The molecule has 1 amide bonds. The zero-order chi connectivity index (χ0) is 23.6. The first-order valence-corrected chi connectivity index (χ1v) is 10.5. The maximum Gasteiger partial charge on any atom is 0.290 e. The second kappa shape index (κ2) is 9.11. The minimum atomic E-state index is -3.27. The molecule has 8 heteroatoms. The number of aromatic nitrogens is 2. The zero-order valence-corrected chi connectivity index (χ0v) is 18.7. The van der Waals surface area contributed by atoms with Crippen molar-refractivity contribution in [2.24, 2.45) is 0 Å². The molecule has 1 N–H and O–H groups in total. The van der Waals surface area contributed by atoms with Gasteiger partial charge in [-0.05, 0) is 43.7 Å². The number of halogens is 3. The molecule has 33 heavy (non-hydrogen) atoms. The number of carbonyl (C=O) groups is 1. The molecule has 0 bridgehead atoms. The minimum Gasteiger partial charge on any atom is -0.437 e. The number of amides is 1. The number of nitrogens with one attached hydrogen (secondary N) is 1. The van der Waals surface area contributed by atoms with E-state index in [1.807, 2.05) is 6.92 Å². The maximum absolute atomic E-state index is 14.9. The molecule has 0 radical (unpaired) electrons. The number of benzene rings is 3. The summed E-state index contributed by atoms with van der Waals surface area (Å²) < 4.78 is 35.6. The quantitative estimate of drug-likeness (QED) is 0.366. The van der Waals surface area contributed by atoms with Crippen LogP contribution in [0.4, 0.5) is 8.78 Å². The number of carbonyl (C=O) groups excluding carboxylic acids is 1. The second-order valence-electron chi connectivity index (χ2n) is 7.66. The molecule has 0 fully saturated rings. The number of hydrogen-bond acceptors (Lipinski definition) is 4. The van der Waals surface area contributed by atoms with Crippen molar-refractivity contribution >= 4 is 28.4 Å². The Hall–Kier alpha value is -3.58. The lowest BCUT2D eigenvalue weighted by molar-refractivity contribution is -0.00308. The Kier molecular flexibility index (Phi) is 6.24. The average Bonchev–Trinajstić information content (AvgIpc) is 2.77. The van der Waals surface area contributed by atoms with Crippen molar-refractivity contribution in [2.75, 3.05) is 6.54 Å². The van der Waals surface area contributed by atoms with Gasteiger partial charge in [0.15, 0.2) is 0 Å². The lowest BCUT2D eigenvalue weighted by Crippen LogP contribution is -2.35. The third kappa shape index (κ3) is 4.93. The van der Waals surface area contributed by atoms with Gasteiger partial charge in [-0.25, -0.2) is 0 Å². The van der Waals surface area contributed by atoms with Crippen LogP contribution in [0.2, 0.25) is 5.02 Å². The number of rotatable bonds is 6. The van der Waals surface area contributed by atoms with Gasteiger partial charge in [0.2, 0.25) is 0 Å². The lowest BCUT2D eigenvalue weighted by atomic mass is 10.00. The molecule has 1 aromatic heterocycles. The van der Waals surface area contributed by atoms with E-state index in [-0.39, 0.29) is 17.0 Å². The largest absolute Gasteiger partial charge is 0.437 e. The molecule has 0 spiro atoms. The van der Waals surface area contributed by atoms with Crippen molar-refractivity contribution in [2.45, 2.75) is 19.8 Å². The molecular weight excluding hydrogens is 448 g/mol. The van der Waals surface area contributed by atoms with Gasteiger partial charge in [-0.2, -0.15) is 8.78 Å². The smallest absolute Gasteiger partial charge is 0.290 e. The van der Waals surface area contributed by atoms with Crippen LogP contribution in [0.5, 0.6) is 11.6 Å². The Balaban J connectivity index is 1.66. The third-order valence-electron chi connectivity index (χ3n) is 5.12. The van der Waals surface area contributed by atoms with Crippen LogP contribution in [0.15, 0.2) is 66.7 Å². The van der Waals surface area contributed by atoms with Crippen molar-refractivity contribution in [3.05, 3.63) is 94.0 Å². The first-order chi connectivity index (χ1) is 15.7. The van der Waals surface area contributed by atoms with E-state index >= 15 is 0 Å². The Labute approximate surface area is 194 Å². The van der Waals surface area contributed by atoms with E-state index in [0.717, 1.165) is 5.56 Å². The van der Waals surface area contributed by atoms with Crippen molar-refractivity contribution < 1.29 is 18.3 Å². The van der Waals surface area contributed by atoms with Crippen LogP contribution in [0, 0.1) is 13.8 Å². The van der Waals surface area contributed by atoms with Gasteiger partial charge in [0.1, 0.15) is 11.3 Å². The highest BCUT2D eigenvalue weighted by Gasteiger charge is 2.34. The molecule has 0 aliphatic rings. The summed E-state index contributed by atoms with van der Waals surface area (Å²) in [5.74, 6) is -3.79. The Morgan fingerprint density at radius 2 is 1.82 bits per heavy atom. The molecule has 0 saturated heterocycles. The fourth-order valence-corrected chi connectivity index (χ4v) is 3.75. The van der Waals surface area contributed by atoms with Crippen molar-refractivity contribution in [3.63, 3.8) is 0 Å². The Bertz CT molecular complexity index is 1340. The Morgan fingerprint density at radius 1 is 1.03 bits per heavy atom. The topological polar surface area (TPSA) is 64.1 Å². The molecule has 4 aromatic rings. The number of alkyl halides is 2. The van der Waals surface area contributed by atoms with E-state index in [0.29, 0.717) is 27.2 Å². The van der Waals surface area contributed by atoms with Crippen molar-refractivity contribution in [3.8, 4) is 11.6 Å². The summed E-state index contributed by atoms with van der Waals surface area (Å²) in [6.07, 6.45) is 0. The number of fused-ring (bicyclic) bond motifs is 1. The van der Waals surface area contributed by atoms with E-state index in [1.165, 1.54) is 6.07 Å². The fraction of sp³-hybridized carbons (Fsp3) is 0.160. The monoisotopic (exact) mass is 467 g/mol. The van der Waals surface area contributed by atoms with Gasteiger partial charge < -0.3 is 10.1 Å². The Morgan fingerprint density at radius 3 is 2.58 bits per heavy atom. The molecule has 0 saturated carbocycles. The van der Waals surface area contributed by atoms with Crippen LogP contribution in [0.1, 0.15) is 27.0 Å². The maximum atomic E-state index is 14.9. The summed E-state index contributed by atoms with van der Waals surface area (Å²) in [5.41, 5.74) is 1.64.